The van der Waals surface area contributed by atoms with Crippen molar-refractivity contribution >= 4 is 17.9 Å². The minimum absolute atomic E-state index is 0.0613. The van der Waals surface area contributed by atoms with Crippen LogP contribution in [0.2, 0.25) is 0 Å². The van der Waals surface area contributed by atoms with Gasteiger partial charge in [0.1, 0.15) is 73.2 Å². The molecule has 0 spiro atoms. The van der Waals surface area contributed by atoms with Crippen molar-refractivity contribution in [2.24, 2.45) is 50.2 Å². The number of aliphatic hydroxyl groups excluding tert-OH is 11. The van der Waals surface area contributed by atoms with E-state index in [9.17, 15) is 75.7 Å². The summed E-state index contributed by atoms with van der Waals surface area (Å²) in [5.74, 6) is -3.76. The number of carboxylic acids is 1. The van der Waals surface area contributed by atoms with Crippen molar-refractivity contribution < 1.29 is 114 Å². The molecule has 77 heavy (non-hydrogen) atoms. The lowest BCUT2D eigenvalue weighted by Crippen LogP contribution is -2.72. The van der Waals surface area contributed by atoms with E-state index in [-0.39, 0.29) is 24.7 Å². The van der Waals surface area contributed by atoms with Crippen molar-refractivity contribution in [2.45, 2.75) is 218 Å². The topological polar surface area (TPSA) is 368 Å². The first-order valence-electron chi connectivity index (χ1n) is 27.1. The summed E-state index contributed by atoms with van der Waals surface area (Å²) in [6, 6.07) is 0. The maximum absolute atomic E-state index is 13.4. The van der Waals surface area contributed by atoms with Gasteiger partial charge < -0.3 is 99.2 Å². The maximum Gasteiger partial charge on any atom is 0.335 e. The lowest BCUT2D eigenvalue weighted by molar-refractivity contribution is -0.387. The van der Waals surface area contributed by atoms with Crippen molar-refractivity contribution in [2.75, 3.05) is 26.4 Å². The van der Waals surface area contributed by atoms with Crippen LogP contribution in [0, 0.1) is 50.2 Å². The SMILES string of the molecule is C/C=C(/C)C(=O)O[C@H]1[C@H](OC(C)=O)[C@]2(CO)[C@H](O)C[C@]3(C)C(=CC[C@@H]4[C@@]5(C)CC[C@H](O[C@@H]6O[C@H](C(=O)O)[C@@H](O[C@@H]7O[C@H](CO)[C@@H](O)[C@H](O)[C@H]7O)[C@H](O)[C@H]6O[C@@H]6OC[C@@H](O)[C@H](O)[C@H]6O)[C@@](C)(CO)[C@@H]5CC[C@]43C)[C@@H]2CC1(C)C. The number of carboxylic acid groups (broad SMARTS) is 1. The average molecular weight is 1100 g/mol. The van der Waals surface area contributed by atoms with Crippen molar-refractivity contribution in [3.63, 3.8) is 0 Å². The molecule has 0 bridgehead atoms. The van der Waals surface area contributed by atoms with Crippen LogP contribution in [0.1, 0.15) is 107 Å². The summed E-state index contributed by atoms with van der Waals surface area (Å²) in [5.41, 5.74) is -3.63. The van der Waals surface area contributed by atoms with Gasteiger partial charge in [0.25, 0.3) is 0 Å². The second-order valence-electron chi connectivity index (χ2n) is 25.1. The fraction of sp³-hybridized carbons (Fsp3) is 0.870. The molecule has 26 atom stereocenters. The second kappa shape index (κ2) is 21.8. The second-order valence-corrected chi connectivity index (χ2v) is 25.1. The molecule has 3 aliphatic heterocycles. The molecule has 23 heteroatoms. The molecule has 12 N–H and O–H groups in total. The normalized spacial score (nSPS) is 50.7. The lowest BCUT2D eigenvalue weighted by atomic mass is 9.33. The minimum Gasteiger partial charge on any atom is -0.479 e. The highest BCUT2D eigenvalue weighted by Gasteiger charge is 2.74. The molecule has 8 aliphatic rings. The van der Waals surface area contributed by atoms with Gasteiger partial charge in [0.05, 0.1) is 44.1 Å². The Morgan fingerprint density at radius 2 is 1.38 bits per heavy atom. The van der Waals surface area contributed by atoms with Crippen LogP contribution in [-0.2, 0) is 52.3 Å². The van der Waals surface area contributed by atoms with E-state index in [1.165, 1.54) is 6.92 Å². The number of rotatable bonds is 13. The Morgan fingerprint density at radius 3 is 1.99 bits per heavy atom. The fourth-order valence-electron chi connectivity index (χ4n) is 16.0. The summed E-state index contributed by atoms with van der Waals surface area (Å²) in [6.07, 6.45) is -23.5. The Morgan fingerprint density at radius 1 is 0.714 bits per heavy atom. The molecular formula is C54H84O23. The first kappa shape index (κ1) is 60.3. The van der Waals surface area contributed by atoms with E-state index in [4.69, 9.17) is 37.9 Å². The number of hydrogen-bond donors (Lipinski definition) is 12. The molecule has 7 fully saturated rings. The number of carbonyl (C=O) groups excluding carboxylic acids is 2. The molecule has 4 saturated carbocycles. The van der Waals surface area contributed by atoms with Crippen LogP contribution < -0.4 is 0 Å². The molecule has 0 aromatic rings. The molecule has 0 unspecified atom stereocenters. The van der Waals surface area contributed by atoms with Crippen LogP contribution >= 0.6 is 0 Å². The van der Waals surface area contributed by atoms with E-state index in [2.05, 4.69) is 26.8 Å². The highest BCUT2D eigenvalue weighted by atomic mass is 16.8. The van der Waals surface area contributed by atoms with Crippen LogP contribution in [0.25, 0.3) is 0 Å². The van der Waals surface area contributed by atoms with Gasteiger partial charge in [-0.3, -0.25) is 4.79 Å². The van der Waals surface area contributed by atoms with Crippen LogP contribution in [0.5, 0.6) is 0 Å². The summed E-state index contributed by atoms with van der Waals surface area (Å²) >= 11 is 0. The van der Waals surface area contributed by atoms with Crippen molar-refractivity contribution in [1.82, 2.24) is 0 Å². The third kappa shape index (κ3) is 9.64. The molecule has 0 aromatic carbocycles. The summed E-state index contributed by atoms with van der Waals surface area (Å²) in [6.45, 7) is 14.6. The molecule has 3 saturated heterocycles. The number of esters is 2. The van der Waals surface area contributed by atoms with Crippen LogP contribution in [0.3, 0.4) is 0 Å². The zero-order valence-electron chi connectivity index (χ0n) is 45.4. The van der Waals surface area contributed by atoms with Gasteiger partial charge in [-0.1, -0.05) is 59.3 Å². The van der Waals surface area contributed by atoms with Gasteiger partial charge in [0.2, 0.25) is 0 Å². The van der Waals surface area contributed by atoms with Gasteiger partial charge in [-0.25, -0.2) is 9.59 Å². The zero-order valence-corrected chi connectivity index (χ0v) is 45.4. The molecule has 0 radical (unpaired) electrons. The maximum atomic E-state index is 13.4. The average Bonchev–Trinajstić information content (AvgIpc) is 3.56. The summed E-state index contributed by atoms with van der Waals surface area (Å²) in [5, 5.41) is 132. The predicted octanol–water partition coefficient (Wildman–Crippen LogP) is -0.682. The van der Waals surface area contributed by atoms with Gasteiger partial charge in [0, 0.05) is 23.3 Å². The Bertz CT molecular complexity index is 2240. The largest absolute Gasteiger partial charge is 0.479 e. The van der Waals surface area contributed by atoms with Crippen LogP contribution in [0.15, 0.2) is 23.3 Å². The Labute approximate surface area is 448 Å². The van der Waals surface area contributed by atoms with Gasteiger partial charge >= 0.3 is 17.9 Å². The van der Waals surface area contributed by atoms with Crippen LogP contribution in [-0.4, -0.2) is 216 Å². The van der Waals surface area contributed by atoms with E-state index < -0.39 is 193 Å². The highest BCUT2D eigenvalue weighted by Crippen LogP contribution is 2.76. The van der Waals surface area contributed by atoms with Crippen molar-refractivity contribution in [1.29, 1.82) is 0 Å². The fourth-order valence-corrected chi connectivity index (χ4v) is 16.0. The minimum atomic E-state index is -2.11. The monoisotopic (exact) mass is 1100 g/mol. The Hall–Kier alpha value is -2.79. The first-order chi connectivity index (χ1) is 36.0. The van der Waals surface area contributed by atoms with Gasteiger partial charge in [-0.15, -0.1) is 0 Å². The number of aliphatic hydroxyl groups is 11. The highest BCUT2D eigenvalue weighted by molar-refractivity contribution is 5.87. The molecule has 3 heterocycles. The first-order valence-corrected chi connectivity index (χ1v) is 27.1. The zero-order chi connectivity index (χ0) is 56.9. The summed E-state index contributed by atoms with van der Waals surface area (Å²) < 4.78 is 48.0. The van der Waals surface area contributed by atoms with E-state index in [0.717, 1.165) is 5.57 Å². The van der Waals surface area contributed by atoms with E-state index in [1.54, 1.807) is 19.9 Å². The quantitative estimate of drug-likeness (QED) is 0.0470. The number of carbonyl (C=O) groups is 3. The van der Waals surface area contributed by atoms with E-state index in [1.807, 2.05) is 20.8 Å². The van der Waals surface area contributed by atoms with E-state index in [0.29, 0.717) is 37.7 Å². The van der Waals surface area contributed by atoms with Gasteiger partial charge in [-0.05, 0) is 92.8 Å². The van der Waals surface area contributed by atoms with Crippen molar-refractivity contribution in [3.8, 4) is 0 Å². The number of aliphatic carboxylic acids is 1. The third-order valence-electron chi connectivity index (χ3n) is 20.7. The number of hydrogen-bond acceptors (Lipinski definition) is 22. The molecule has 0 amide bonds. The molecule has 5 aliphatic carbocycles. The van der Waals surface area contributed by atoms with Gasteiger partial charge in [-0.2, -0.15) is 0 Å². The standard InChI is InChI=1S/C54H84O23/c1-10-23(2)45(69)77-42-43(71-24(3)58)54(22-57)26(17-49(42,4)5)25-11-12-30-50(6)15-14-32(51(7,21-56)29(50)13-16-52(30,8)53(25,9)18-31(54)60)73-48-40(75-46-36(64)33(61)27(59)20-70-46)38(66)39(41(76-48)44(67)68)74-47-37(65)35(63)34(62)28(19-55)72-47/h10-11,26-43,46-48,55-57,59-66H,12-22H2,1-9H3,(H,67,68)/b23-10-/t26-,27+,28+,29+,30+,31+,32-,33-,34+,35-,36+,37+,38-,39-,40+,41-,42-,43-,46-,47-,48+,50-,51-,52+,53+,54-/m0/s1. The Balaban J connectivity index is 1.11. The van der Waals surface area contributed by atoms with Gasteiger partial charge in [0.15, 0.2) is 25.0 Å². The molecular weight excluding hydrogens is 1020 g/mol. The molecule has 8 rings (SSSR count). The number of fused-ring (bicyclic) bond motifs is 7. The molecule has 438 valence electrons. The Kier molecular flexibility index (Phi) is 17.1. The third-order valence-corrected chi connectivity index (χ3v) is 20.7. The summed E-state index contributed by atoms with van der Waals surface area (Å²) in [4.78, 5) is 39.4. The molecule has 23 nitrogen and oxygen atoms in total. The van der Waals surface area contributed by atoms with Crippen molar-refractivity contribution in [3.05, 3.63) is 23.3 Å². The predicted molar refractivity (Wildman–Crippen MR) is 263 cm³/mol. The van der Waals surface area contributed by atoms with E-state index >= 15 is 0 Å². The summed E-state index contributed by atoms with van der Waals surface area (Å²) in [7, 11) is 0. The molecule has 0 aromatic heterocycles. The lowest BCUT2D eigenvalue weighted by Gasteiger charge is -2.72. The number of ether oxygens (including phenoxy) is 8. The number of allylic oxidation sites excluding steroid dienone is 3. The smallest absolute Gasteiger partial charge is 0.335 e. The van der Waals surface area contributed by atoms with Crippen LogP contribution in [0.4, 0.5) is 0 Å².